The highest BCUT2D eigenvalue weighted by Crippen LogP contribution is 2.33. The molecule has 0 unspecified atom stereocenters. The molecule has 0 aliphatic rings. The Hall–Kier alpha value is -1.48. The molecule has 21 heavy (non-hydrogen) atoms. The molecule has 0 amide bonds. The van der Waals surface area contributed by atoms with Gasteiger partial charge in [-0.3, -0.25) is 0 Å². The highest BCUT2D eigenvalue weighted by atomic mass is 16.5. The lowest BCUT2D eigenvalue weighted by molar-refractivity contribution is 0.229. The lowest BCUT2D eigenvalue weighted by Crippen LogP contribution is -2.24. The van der Waals surface area contributed by atoms with Gasteiger partial charge in [0.25, 0.3) is 0 Å². The number of hydrogen-bond donors (Lipinski definition) is 1. The third-order valence-electron chi connectivity index (χ3n) is 3.13. The first-order valence-corrected chi connectivity index (χ1v) is 7.74. The monoisotopic (exact) mass is 291 g/mol. The minimum Gasteiger partial charge on any atom is -0.493 e. The average molecular weight is 291 g/mol. The maximum Gasteiger partial charge on any atom is 0.168 e. The predicted octanol–water partition coefficient (Wildman–Crippen LogP) is 4.27. The molecule has 0 heterocycles. The van der Waals surface area contributed by atoms with Gasteiger partial charge in [0.15, 0.2) is 11.5 Å². The van der Waals surface area contributed by atoms with Crippen LogP contribution in [-0.4, -0.2) is 25.8 Å². The Balaban J connectivity index is 3.09. The van der Waals surface area contributed by atoms with Gasteiger partial charge >= 0.3 is 0 Å². The molecule has 1 aromatic carbocycles. The molecule has 0 bridgehead atoms. The van der Waals surface area contributed by atoms with Crippen molar-refractivity contribution in [1.82, 2.24) is 5.32 Å². The first-order chi connectivity index (χ1) is 9.97. The van der Waals surface area contributed by atoms with E-state index in [1.165, 1.54) is 5.57 Å². The molecule has 0 aliphatic heterocycles. The minimum atomic E-state index is 0.118. The molecule has 118 valence electrons. The molecule has 0 saturated carbocycles. The lowest BCUT2D eigenvalue weighted by Gasteiger charge is -2.17. The Morgan fingerprint density at radius 1 is 1.24 bits per heavy atom. The normalized spacial score (nSPS) is 12.1. The molecule has 0 aliphatic carbocycles. The van der Waals surface area contributed by atoms with Crippen molar-refractivity contribution >= 4 is 6.08 Å². The van der Waals surface area contributed by atoms with E-state index in [1.54, 1.807) is 7.11 Å². The fourth-order valence-corrected chi connectivity index (χ4v) is 2.00. The summed E-state index contributed by atoms with van der Waals surface area (Å²) in [7, 11) is 1.68. The standard InChI is InChI=1S/C18H29NO2/c1-7-15(12-19-13(2)3)11-16-9-8-10-17(20-6)18(16)21-14(4)5/h8-11,13-14,19H,7,12H2,1-6H3. The van der Waals surface area contributed by atoms with E-state index in [1.807, 2.05) is 26.0 Å². The van der Waals surface area contributed by atoms with E-state index in [4.69, 9.17) is 9.47 Å². The molecular formula is C18H29NO2. The van der Waals surface area contributed by atoms with Crippen LogP contribution in [0.1, 0.15) is 46.6 Å². The number of methoxy groups -OCH3 is 1. The molecule has 1 aromatic rings. The van der Waals surface area contributed by atoms with Crippen molar-refractivity contribution < 1.29 is 9.47 Å². The Morgan fingerprint density at radius 2 is 1.95 bits per heavy atom. The maximum atomic E-state index is 5.95. The van der Waals surface area contributed by atoms with Crippen LogP contribution in [0.25, 0.3) is 6.08 Å². The zero-order valence-corrected chi connectivity index (χ0v) is 14.2. The largest absolute Gasteiger partial charge is 0.493 e. The molecule has 0 radical (unpaired) electrons. The number of rotatable bonds is 8. The van der Waals surface area contributed by atoms with Crippen molar-refractivity contribution in [1.29, 1.82) is 0 Å². The quantitative estimate of drug-likeness (QED) is 0.775. The summed E-state index contributed by atoms with van der Waals surface area (Å²) in [6.07, 6.45) is 3.33. The van der Waals surface area contributed by atoms with Crippen molar-refractivity contribution in [3.8, 4) is 11.5 Å². The molecule has 1 rings (SSSR count). The van der Waals surface area contributed by atoms with Gasteiger partial charge in [-0.2, -0.15) is 0 Å². The Morgan fingerprint density at radius 3 is 2.48 bits per heavy atom. The summed E-state index contributed by atoms with van der Waals surface area (Å²) in [4.78, 5) is 0. The average Bonchev–Trinajstić information content (AvgIpc) is 2.44. The zero-order chi connectivity index (χ0) is 15.8. The van der Waals surface area contributed by atoms with E-state index in [9.17, 15) is 0 Å². The summed E-state index contributed by atoms with van der Waals surface area (Å²) in [5.41, 5.74) is 2.43. The van der Waals surface area contributed by atoms with Gasteiger partial charge in [-0.05, 0) is 26.3 Å². The first kappa shape index (κ1) is 17.6. The number of para-hydroxylation sites is 1. The second-order valence-corrected chi connectivity index (χ2v) is 5.74. The van der Waals surface area contributed by atoms with Crippen molar-refractivity contribution in [2.75, 3.05) is 13.7 Å². The van der Waals surface area contributed by atoms with Gasteiger partial charge in [-0.1, -0.05) is 44.6 Å². The van der Waals surface area contributed by atoms with Crippen LogP contribution in [0, 0.1) is 0 Å². The van der Waals surface area contributed by atoms with E-state index in [0.29, 0.717) is 6.04 Å². The number of benzene rings is 1. The van der Waals surface area contributed by atoms with Crippen molar-refractivity contribution in [2.45, 2.75) is 53.2 Å². The molecular weight excluding hydrogens is 262 g/mol. The van der Waals surface area contributed by atoms with E-state index in [-0.39, 0.29) is 6.10 Å². The van der Waals surface area contributed by atoms with Crippen LogP contribution in [0.4, 0.5) is 0 Å². The van der Waals surface area contributed by atoms with E-state index >= 15 is 0 Å². The van der Waals surface area contributed by atoms with Gasteiger partial charge in [-0.25, -0.2) is 0 Å². The second-order valence-electron chi connectivity index (χ2n) is 5.74. The fraction of sp³-hybridized carbons (Fsp3) is 0.556. The van der Waals surface area contributed by atoms with Crippen LogP contribution < -0.4 is 14.8 Å². The van der Waals surface area contributed by atoms with Crippen LogP contribution in [0.15, 0.2) is 23.8 Å². The molecule has 3 nitrogen and oxygen atoms in total. The highest BCUT2D eigenvalue weighted by molar-refractivity contribution is 5.64. The summed E-state index contributed by atoms with van der Waals surface area (Å²) in [5, 5.41) is 3.47. The third kappa shape index (κ3) is 5.80. The summed E-state index contributed by atoms with van der Waals surface area (Å²) in [5.74, 6) is 1.61. The second kappa shape index (κ2) is 8.73. The third-order valence-corrected chi connectivity index (χ3v) is 3.13. The molecule has 0 fully saturated rings. The lowest BCUT2D eigenvalue weighted by atomic mass is 10.1. The van der Waals surface area contributed by atoms with Crippen LogP contribution in [-0.2, 0) is 0 Å². The van der Waals surface area contributed by atoms with Gasteiger partial charge in [0, 0.05) is 18.2 Å². The Bertz CT molecular complexity index is 464. The summed E-state index contributed by atoms with van der Waals surface area (Å²) in [6, 6.07) is 6.50. The smallest absolute Gasteiger partial charge is 0.168 e. The van der Waals surface area contributed by atoms with Gasteiger partial charge < -0.3 is 14.8 Å². The fourth-order valence-electron chi connectivity index (χ4n) is 2.00. The van der Waals surface area contributed by atoms with Gasteiger partial charge in [-0.15, -0.1) is 0 Å². The zero-order valence-electron chi connectivity index (χ0n) is 14.2. The summed E-state index contributed by atoms with van der Waals surface area (Å²) in [6.45, 7) is 11.4. The maximum absolute atomic E-state index is 5.95. The Labute approximate surface area is 129 Å². The SMILES string of the molecule is CCC(=Cc1cccc(OC)c1OC(C)C)CNC(C)C. The molecule has 1 N–H and O–H groups in total. The van der Waals surface area contributed by atoms with Crippen LogP contribution in [0.5, 0.6) is 11.5 Å². The minimum absolute atomic E-state index is 0.118. The molecule has 3 heteroatoms. The number of hydrogen-bond acceptors (Lipinski definition) is 3. The van der Waals surface area contributed by atoms with Crippen LogP contribution in [0.2, 0.25) is 0 Å². The molecule has 0 aromatic heterocycles. The van der Waals surface area contributed by atoms with Gasteiger partial charge in [0.2, 0.25) is 0 Å². The molecule has 0 atom stereocenters. The number of ether oxygens (including phenoxy) is 2. The van der Waals surface area contributed by atoms with E-state index in [2.05, 4.69) is 38.2 Å². The summed E-state index contributed by atoms with van der Waals surface area (Å²) < 4.78 is 11.4. The molecule has 0 spiro atoms. The predicted molar refractivity (Wildman–Crippen MR) is 90.2 cm³/mol. The van der Waals surface area contributed by atoms with Crippen molar-refractivity contribution in [2.24, 2.45) is 0 Å². The highest BCUT2D eigenvalue weighted by Gasteiger charge is 2.11. The van der Waals surface area contributed by atoms with Crippen molar-refractivity contribution in [3.05, 3.63) is 29.3 Å². The van der Waals surface area contributed by atoms with Crippen LogP contribution in [0.3, 0.4) is 0 Å². The first-order valence-electron chi connectivity index (χ1n) is 7.74. The van der Waals surface area contributed by atoms with Crippen LogP contribution >= 0.6 is 0 Å². The number of nitrogens with one attached hydrogen (secondary N) is 1. The van der Waals surface area contributed by atoms with Crippen molar-refractivity contribution in [3.63, 3.8) is 0 Å². The molecule has 0 saturated heterocycles. The van der Waals surface area contributed by atoms with E-state index in [0.717, 1.165) is 30.0 Å². The Kier molecular flexibility index (Phi) is 7.30. The topological polar surface area (TPSA) is 30.5 Å². The van der Waals surface area contributed by atoms with Gasteiger partial charge in [0.05, 0.1) is 13.2 Å². The summed E-state index contributed by atoms with van der Waals surface area (Å²) >= 11 is 0. The van der Waals surface area contributed by atoms with Gasteiger partial charge in [0.1, 0.15) is 0 Å². The van der Waals surface area contributed by atoms with E-state index < -0.39 is 0 Å².